The van der Waals surface area contributed by atoms with E-state index in [4.69, 9.17) is 0 Å². The number of nitrogens with one attached hydrogen (secondary N) is 2. The molecule has 0 aromatic carbocycles. The topological polar surface area (TPSA) is 70.2 Å². The van der Waals surface area contributed by atoms with Gasteiger partial charge in [0.1, 0.15) is 23.5 Å². The van der Waals surface area contributed by atoms with E-state index in [0.717, 1.165) is 11.6 Å². The summed E-state index contributed by atoms with van der Waals surface area (Å²) >= 11 is 0. The van der Waals surface area contributed by atoms with Gasteiger partial charge in [-0.05, 0) is 13.8 Å². The first-order valence-corrected chi connectivity index (χ1v) is 6.97. The van der Waals surface area contributed by atoms with Crippen LogP contribution in [0.5, 0.6) is 0 Å². The third kappa shape index (κ3) is 4.08. The number of anilines is 2. The maximum absolute atomic E-state index is 12.1. The normalized spacial score (nSPS) is 12.2. The summed E-state index contributed by atoms with van der Waals surface area (Å²) in [7, 11) is 3.61. The summed E-state index contributed by atoms with van der Waals surface area (Å²) in [6.45, 7) is 8.56. The van der Waals surface area contributed by atoms with Crippen molar-refractivity contribution < 1.29 is 4.79 Å². The van der Waals surface area contributed by atoms with Crippen LogP contribution in [0.1, 0.15) is 39.4 Å². The molecule has 0 saturated carbocycles. The Morgan fingerprint density at radius 1 is 1.30 bits per heavy atom. The van der Waals surface area contributed by atoms with Crippen LogP contribution in [0.2, 0.25) is 0 Å². The molecule has 1 aromatic rings. The molecule has 0 spiro atoms. The van der Waals surface area contributed by atoms with Gasteiger partial charge in [-0.25, -0.2) is 9.97 Å². The fourth-order valence-corrected chi connectivity index (χ4v) is 1.70. The fraction of sp³-hybridized carbons (Fsp3) is 0.643. The number of nitrogens with zero attached hydrogens (tertiary/aromatic N) is 3. The van der Waals surface area contributed by atoms with Crippen LogP contribution in [0.15, 0.2) is 6.07 Å². The average Bonchev–Trinajstić information content (AvgIpc) is 2.44. The minimum Gasteiger partial charge on any atom is -0.373 e. The molecule has 2 N–H and O–H groups in total. The lowest BCUT2D eigenvalue weighted by Gasteiger charge is -2.21. The molecule has 0 aliphatic carbocycles. The van der Waals surface area contributed by atoms with Gasteiger partial charge < -0.3 is 15.5 Å². The highest BCUT2D eigenvalue weighted by Crippen LogP contribution is 2.17. The molecule has 1 atom stereocenters. The molecular formula is C14H25N5O. The van der Waals surface area contributed by atoms with Crippen LogP contribution in [-0.4, -0.2) is 47.5 Å². The fourth-order valence-electron chi connectivity index (χ4n) is 1.70. The van der Waals surface area contributed by atoms with E-state index in [0.29, 0.717) is 12.4 Å². The van der Waals surface area contributed by atoms with Crippen molar-refractivity contribution in [2.24, 2.45) is 0 Å². The van der Waals surface area contributed by atoms with Gasteiger partial charge in [0.25, 0.3) is 0 Å². The molecule has 6 heteroatoms. The molecule has 0 bridgehead atoms. The van der Waals surface area contributed by atoms with Gasteiger partial charge in [0.15, 0.2) is 0 Å². The van der Waals surface area contributed by atoms with E-state index in [9.17, 15) is 4.79 Å². The van der Waals surface area contributed by atoms with Crippen LogP contribution in [0.25, 0.3) is 0 Å². The minimum absolute atomic E-state index is 0.0446. The van der Waals surface area contributed by atoms with Crippen molar-refractivity contribution in [3.63, 3.8) is 0 Å². The molecule has 1 rings (SSSR count). The first-order chi connectivity index (χ1) is 9.38. The van der Waals surface area contributed by atoms with E-state index >= 15 is 0 Å². The predicted octanol–water partition coefficient (Wildman–Crippen LogP) is 1.92. The Morgan fingerprint density at radius 2 is 1.90 bits per heavy atom. The quantitative estimate of drug-likeness (QED) is 0.832. The van der Waals surface area contributed by atoms with Crippen molar-refractivity contribution in [3.8, 4) is 0 Å². The summed E-state index contributed by atoms with van der Waals surface area (Å²) < 4.78 is 0. The van der Waals surface area contributed by atoms with Gasteiger partial charge in [-0.2, -0.15) is 0 Å². The Hall–Kier alpha value is -1.85. The van der Waals surface area contributed by atoms with E-state index < -0.39 is 0 Å². The number of rotatable bonds is 6. The monoisotopic (exact) mass is 279 g/mol. The average molecular weight is 279 g/mol. The highest BCUT2D eigenvalue weighted by atomic mass is 16.2. The molecular weight excluding hydrogens is 254 g/mol. The second kappa shape index (κ2) is 7.07. The van der Waals surface area contributed by atoms with Crippen LogP contribution in [0.3, 0.4) is 0 Å². The van der Waals surface area contributed by atoms with Crippen molar-refractivity contribution in [2.75, 3.05) is 31.3 Å². The summed E-state index contributed by atoms with van der Waals surface area (Å²) in [5.41, 5.74) is 0. The van der Waals surface area contributed by atoms with Gasteiger partial charge in [0.05, 0.1) is 0 Å². The lowest BCUT2D eigenvalue weighted by Crippen LogP contribution is -2.39. The molecule has 1 amide bonds. The van der Waals surface area contributed by atoms with Crippen molar-refractivity contribution in [1.82, 2.24) is 14.9 Å². The van der Waals surface area contributed by atoms with Gasteiger partial charge >= 0.3 is 0 Å². The number of hydrogen-bond donors (Lipinski definition) is 2. The standard InChI is InChI=1S/C14H25N5O/c1-7-19(6)14(20)10(4)16-12-8-11(15-5)17-13(18-12)9(2)3/h8-10H,7H2,1-6H3,(H2,15,16,17,18). The Labute approximate surface area is 121 Å². The number of aromatic nitrogens is 2. The van der Waals surface area contributed by atoms with Crippen molar-refractivity contribution in [1.29, 1.82) is 0 Å². The highest BCUT2D eigenvalue weighted by Gasteiger charge is 2.17. The molecule has 0 saturated heterocycles. The highest BCUT2D eigenvalue weighted by molar-refractivity contribution is 5.83. The van der Waals surface area contributed by atoms with Gasteiger partial charge in [0.2, 0.25) is 5.91 Å². The first-order valence-electron chi connectivity index (χ1n) is 6.97. The zero-order valence-electron chi connectivity index (χ0n) is 13.2. The molecule has 1 aromatic heterocycles. The summed E-state index contributed by atoms with van der Waals surface area (Å²) in [6.07, 6.45) is 0. The molecule has 1 unspecified atom stereocenters. The third-order valence-corrected chi connectivity index (χ3v) is 3.10. The molecule has 6 nitrogen and oxygen atoms in total. The summed E-state index contributed by atoms with van der Waals surface area (Å²) in [5, 5.41) is 6.16. The third-order valence-electron chi connectivity index (χ3n) is 3.10. The van der Waals surface area contributed by atoms with Crippen LogP contribution < -0.4 is 10.6 Å². The SMILES string of the molecule is CCN(C)C(=O)C(C)Nc1cc(NC)nc(C(C)C)n1. The van der Waals surface area contributed by atoms with Crippen LogP contribution in [-0.2, 0) is 4.79 Å². The molecule has 0 aliphatic heterocycles. The summed E-state index contributed by atoms with van der Waals surface area (Å²) in [6, 6.07) is 1.49. The van der Waals surface area contributed by atoms with Gasteiger partial charge in [-0.1, -0.05) is 13.8 Å². The van der Waals surface area contributed by atoms with Gasteiger partial charge in [-0.15, -0.1) is 0 Å². The minimum atomic E-state index is -0.320. The lowest BCUT2D eigenvalue weighted by molar-refractivity contribution is -0.130. The number of carbonyl (C=O) groups excluding carboxylic acids is 1. The smallest absolute Gasteiger partial charge is 0.244 e. The predicted molar refractivity (Wildman–Crippen MR) is 82.1 cm³/mol. The Bertz CT molecular complexity index is 461. The second-order valence-electron chi connectivity index (χ2n) is 5.12. The second-order valence-corrected chi connectivity index (χ2v) is 5.12. The molecule has 0 fully saturated rings. The molecule has 112 valence electrons. The van der Waals surface area contributed by atoms with Crippen molar-refractivity contribution >= 4 is 17.5 Å². The van der Waals surface area contributed by atoms with E-state index in [1.54, 1.807) is 11.9 Å². The Kier molecular flexibility index (Phi) is 5.73. The Balaban J connectivity index is 2.91. The van der Waals surface area contributed by atoms with Crippen LogP contribution >= 0.6 is 0 Å². The molecule has 20 heavy (non-hydrogen) atoms. The van der Waals surface area contributed by atoms with Crippen molar-refractivity contribution in [3.05, 3.63) is 11.9 Å². The lowest BCUT2D eigenvalue weighted by atomic mass is 10.2. The van der Waals surface area contributed by atoms with E-state index in [1.807, 2.05) is 40.8 Å². The van der Waals surface area contributed by atoms with E-state index in [1.165, 1.54) is 0 Å². The zero-order chi connectivity index (χ0) is 15.3. The summed E-state index contributed by atoms with van der Waals surface area (Å²) in [4.78, 5) is 22.6. The molecule has 0 radical (unpaired) electrons. The van der Waals surface area contributed by atoms with E-state index in [2.05, 4.69) is 20.6 Å². The number of amides is 1. The van der Waals surface area contributed by atoms with Crippen LogP contribution in [0.4, 0.5) is 11.6 Å². The van der Waals surface area contributed by atoms with Gasteiger partial charge in [0, 0.05) is 32.6 Å². The number of likely N-dealkylation sites (N-methyl/N-ethyl adjacent to an activating group) is 1. The maximum Gasteiger partial charge on any atom is 0.244 e. The van der Waals surface area contributed by atoms with Gasteiger partial charge in [-0.3, -0.25) is 4.79 Å². The largest absolute Gasteiger partial charge is 0.373 e. The summed E-state index contributed by atoms with van der Waals surface area (Å²) in [5.74, 6) is 2.44. The Morgan fingerprint density at radius 3 is 2.40 bits per heavy atom. The van der Waals surface area contributed by atoms with E-state index in [-0.39, 0.29) is 17.9 Å². The molecule has 1 heterocycles. The number of hydrogen-bond acceptors (Lipinski definition) is 5. The number of carbonyl (C=O) groups is 1. The van der Waals surface area contributed by atoms with Crippen LogP contribution in [0, 0.1) is 0 Å². The molecule has 0 aliphatic rings. The zero-order valence-corrected chi connectivity index (χ0v) is 13.2. The first kappa shape index (κ1) is 16.2. The van der Waals surface area contributed by atoms with Crippen molar-refractivity contribution in [2.45, 2.75) is 39.7 Å². The maximum atomic E-state index is 12.1.